The lowest BCUT2D eigenvalue weighted by Gasteiger charge is -2.20. The molecule has 2 amide bonds. The molecule has 0 heterocycles. The van der Waals surface area contributed by atoms with E-state index in [1.54, 1.807) is 0 Å². The van der Waals surface area contributed by atoms with Gasteiger partial charge in [0.1, 0.15) is 6.04 Å². The highest BCUT2D eigenvalue weighted by molar-refractivity contribution is 5.87. The third-order valence-corrected chi connectivity index (χ3v) is 7.70. The third-order valence-electron chi connectivity index (χ3n) is 7.70. The van der Waals surface area contributed by atoms with Crippen LogP contribution in [-0.2, 0) is 9.59 Å². The number of carbonyl (C=O) groups excluding carboxylic acids is 2. The predicted octanol–water partition coefficient (Wildman–Crippen LogP) is 10.0. The first-order chi connectivity index (χ1) is 18.5. The Morgan fingerprint density at radius 3 is 1.29 bits per heavy atom. The zero-order valence-electron chi connectivity index (χ0n) is 26.4. The van der Waals surface area contributed by atoms with Gasteiger partial charge in [-0.2, -0.15) is 0 Å². The van der Waals surface area contributed by atoms with E-state index in [2.05, 4.69) is 38.3 Å². The Morgan fingerprint density at radius 2 is 0.895 bits per heavy atom. The van der Waals surface area contributed by atoms with Crippen LogP contribution in [0.5, 0.6) is 0 Å². The number of rotatable bonds is 29. The van der Waals surface area contributed by atoms with Crippen molar-refractivity contribution in [3.05, 3.63) is 0 Å². The third kappa shape index (κ3) is 26.5. The van der Waals surface area contributed by atoms with Crippen molar-refractivity contribution in [3.63, 3.8) is 0 Å². The predicted molar refractivity (Wildman–Crippen MR) is 167 cm³/mol. The van der Waals surface area contributed by atoms with Crippen molar-refractivity contribution >= 4 is 11.8 Å². The van der Waals surface area contributed by atoms with Crippen LogP contribution in [0.15, 0.2) is 0 Å². The van der Waals surface area contributed by atoms with Gasteiger partial charge in [0, 0.05) is 13.0 Å². The largest absolute Gasteiger partial charge is 0.354 e. The Morgan fingerprint density at radius 1 is 0.526 bits per heavy atom. The molecule has 4 heteroatoms. The van der Waals surface area contributed by atoms with Gasteiger partial charge in [0.15, 0.2) is 0 Å². The normalized spacial score (nSPS) is 12.1. The van der Waals surface area contributed by atoms with Crippen LogP contribution in [0.3, 0.4) is 0 Å². The quantitative estimate of drug-likeness (QED) is 0.0934. The second-order valence-corrected chi connectivity index (χ2v) is 12.2. The standard InChI is InChI=1S/C34H68N2O2/c1-5-7-9-11-13-15-17-18-19-20-22-24-26-28-33(37)36-32(30-31(3)4)34(38)35-29-27-25-23-21-16-14-12-10-8-6-2/h31-32H,5-30H2,1-4H3,(H,35,38)(H,36,37). The fourth-order valence-corrected chi connectivity index (χ4v) is 5.22. The van der Waals surface area contributed by atoms with Crippen LogP contribution in [-0.4, -0.2) is 24.4 Å². The van der Waals surface area contributed by atoms with Gasteiger partial charge in [-0.25, -0.2) is 0 Å². The summed E-state index contributed by atoms with van der Waals surface area (Å²) in [5, 5.41) is 6.11. The lowest BCUT2D eigenvalue weighted by molar-refractivity contribution is -0.129. The molecule has 0 rings (SSSR count). The van der Waals surface area contributed by atoms with Crippen LogP contribution in [0.2, 0.25) is 0 Å². The summed E-state index contributed by atoms with van der Waals surface area (Å²) in [6.45, 7) is 9.48. The molecule has 0 fully saturated rings. The van der Waals surface area contributed by atoms with Crippen LogP contribution >= 0.6 is 0 Å². The van der Waals surface area contributed by atoms with E-state index in [9.17, 15) is 9.59 Å². The van der Waals surface area contributed by atoms with Gasteiger partial charge in [-0.05, 0) is 25.2 Å². The molecular weight excluding hydrogens is 468 g/mol. The summed E-state index contributed by atoms with van der Waals surface area (Å²) >= 11 is 0. The smallest absolute Gasteiger partial charge is 0.242 e. The maximum absolute atomic E-state index is 12.7. The average Bonchev–Trinajstić information content (AvgIpc) is 2.89. The van der Waals surface area contributed by atoms with E-state index in [-0.39, 0.29) is 11.8 Å². The average molecular weight is 537 g/mol. The molecule has 0 aromatic rings. The molecule has 0 saturated carbocycles. The van der Waals surface area contributed by atoms with Gasteiger partial charge in [-0.1, -0.05) is 163 Å². The van der Waals surface area contributed by atoms with E-state index in [0.717, 1.165) is 25.8 Å². The molecule has 226 valence electrons. The fraction of sp³-hybridized carbons (Fsp3) is 0.941. The van der Waals surface area contributed by atoms with Gasteiger partial charge in [0.2, 0.25) is 11.8 Å². The van der Waals surface area contributed by atoms with Crippen LogP contribution in [0.25, 0.3) is 0 Å². The van der Waals surface area contributed by atoms with E-state index in [0.29, 0.717) is 18.8 Å². The zero-order chi connectivity index (χ0) is 28.1. The van der Waals surface area contributed by atoms with Crippen LogP contribution in [0.4, 0.5) is 0 Å². The van der Waals surface area contributed by atoms with Crippen molar-refractivity contribution < 1.29 is 9.59 Å². The van der Waals surface area contributed by atoms with Crippen LogP contribution in [0.1, 0.15) is 188 Å². The number of unbranched alkanes of at least 4 members (excludes halogenated alkanes) is 21. The minimum Gasteiger partial charge on any atom is -0.354 e. The first-order valence-corrected chi connectivity index (χ1v) is 17.1. The summed E-state index contributed by atoms with van der Waals surface area (Å²) in [6, 6.07) is -0.396. The summed E-state index contributed by atoms with van der Waals surface area (Å²) < 4.78 is 0. The summed E-state index contributed by atoms with van der Waals surface area (Å²) in [6.07, 6.45) is 31.2. The Hall–Kier alpha value is -1.06. The Bertz CT molecular complexity index is 521. The summed E-state index contributed by atoms with van der Waals surface area (Å²) in [7, 11) is 0. The summed E-state index contributed by atoms with van der Waals surface area (Å²) in [5.41, 5.74) is 0. The summed E-state index contributed by atoms with van der Waals surface area (Å²) in [5.74, 6) is 0.404. The first kappa shape index (κ1) is 36.9. The van der Waals surface area contributed by atoms with E-state index in [4.69, 9.17) is 0 Å². The summed E-state index contributed by atoms with van der Waals surface area (Å²) in [4.78, 5) is 25.2. The molecular formula is C34H68N2O2. The van der Waals surface area contributed by atoms with Gasteiger partial charge >= 0.3 is 0 Å². The number of amides is 2. The van der Waals surface area contributed by atoms with Crippen molar-refractivity contribution in [1.82, 2.24) is 10.6 Å². The van der Waals surface area contributed by atoms with Crippen molar-refractivity contribution in [3.8, 4) is 0 Å². The Balaban J connectivity index is 3.81. The van der Waals surface area contributed by atoms with E-state index < -0.39 is 6.04 Å². The second kappa shape index (κ2) is 28.9. The van der Waals surface area contributed by atoms with Gasteiger partial charge in [0.05, 0.1) is 0 Å². The molecule has 2 N–H and O–H groups in total. The number of hydrogen-bond donors (Lipinski definition) is 2. The minimum absolute atomic E-state index is 0.00617. The van der Waals surface area contributed by atoms with E-state index >= 15 is 0 Å². The minimum atomic E-state index is -0.396. The molecule has 0 aliphatic carbocycles. The number of carbonyl (C=O) groups is 2. The molecule has 0 radical (unpaired) electrons. The van der Waals surface area contributed by atoms with Crippen molar-refractivity contribution in [2.75, 3.05) is 6.54 Å². The van der Waals surface area contributed by atoms with E-state index in [1.807, 2.05) is 0 Å². The molecule has 0 aromatic heterocycles. The molecule has 1 unspecified atom stereocenters. The van der Waals surface area contributed by atoms with Gasteiger partial charge in [-0.3, -0.25) is 9.59 Å². The van der Waals surface area contributed by atoms with Crippen LogP contribution < -0.4 is 10.6 Å². The second-order valence-electron chi connectivity index (χ2n) is 12.2. The molecule has 1 atom stereocenters. The molecule has 38 heavy (non-hydrogen) atoms. The Labute approximate surface area is 238 Å². The maximum atomic E-state index is 12.7. The molecule has 0 aliphatic rings. The van der Waals surface area contributed by atoms with Crippen molar-refractivity contribution in [2.45, 2.75) is 194 Å². The molecule has 0 spiro atoms. The maximum Gasteiger partial charge on any atom is 0.242 e. The van der Waals surface area contributed by atoms with Gasteiger partial charge in [0.25, 0.3) is 0 Å². The SMILES string of the molecule is CCCCCCCCCCCCCCCC(=O)NC(CC(C)C)C(=O)NCCCCCCCCCCCC. The monoisotopic (exact) mass is 537 g/mol. The number of nitrogens with one attached hydrogen (secondary N) is 2. The molecule has 0 bridgehead atoms. The first-order valence-electron chi connectivity index (χ1n) is 17.1. The Kier molecular flexibility index (Phi) is 28.1. The molecule has 0 aromatic carbocycles. The van der Waals surface area contributed by atoms with Crippen molar-refractivity contribution in [1.29, 1.82) is 0 Å². The molecule has 0 saturated heterocycles. The topological polar surface area (TPSA) is 58.2 Å². The highest BCUT2D eigenvalue weighted by atomic mass is 16.2. The molecule has 0 aliphatic heterocycles. The van der Waals surface area contributed by atoms with Crippen LogP contribution in [0, 0.1) is 5.92 Å². The van der Waals surface area contributed by atoms with Crippen molar-refractivity contribution in [2.24, 2.45) is 5.92 Å². The van der Waals surface area contributed by atoms with E-state index in [1.165, 1.54) is 128 Å². The van der Waals surface area contributed by atoms with Gasteiger partial charge in [-0.15, -0.1) is 0 Å². The fourth-order valence-electron chi connectivity index (χ4n) is 5.22. The lowest BCUT2D eigenvalue weighted by atomic mass is 10.0. The zero-order valence-corrected chi connectivity index (χ0v) is 26.4. The highest BCUT2D eigenvalue weighted by Crippen LogP contribution is 2.14. The van der Waals surface area contributed by atoms with Gasteiger partial charge < -0.3 is 10.6 Å². The molecule has 4 nitrogen and oxygen atoms in total. The lowest BCUT2D eigenvalue weighted by Crippen LogP contribution is -2.47. The number of hydrogen-bond acceptors (Lipinski definition) is 2. The highest BCUT2D eigenvalue weighted by Gasteiger charge is 2.21.